The molecule has 38 heavy (non-hydrogen) atoms. The molecule has 0 aromatic carbocycles. The Hall–Kier alpha value is -3.02. The number of hydrogen-bond acceptors (Lipinski definition) is 12. The van der Waals surface area contributed by atoms with Crippen molar-refractivity contribution in [3.8, 4) is 0 Å². The number of hydrogen-bond donors (Lipinski definition) is 4. The van der Waals surface area contributed by atoms with Crippen LogP contribution >= 0.6 is 7.75 Å². The van der Waals surface area contributed by atoms with Crippen molar-refractivity contribution in [3.05, 3.63) is 35.4 Å². The first-order valence-electron chi connectivity index (χ1n) is 11.7. The standard InChI is InChI=1S/C20H27N8O9P/c1-25-10-27(17-14(25)18(31)24-20(21)23-17)19-15(30)16(34-11-35-28-5-2-3-12(28)7-29)13(37-19)8-36-38(32,33)26-6-4-22-9-26/h4,6-7,9-10,12-13,15-16,19,30H,2-3,5,8,11H2,1H3,(H3-,21,23,24,31,32,33)/p+1/t12-,13+,15?,16-,19+/m0/s1. The molecule has 2 saturated heterocycles. The minimum Gasteiger partial charge on any atom is -0.384 e. The molecule has 5 N–H and O–H groups in total. The van der Waals surface area contributed by atoms with Crippen LogP contribution in [0.5, 0.6) is 0 Å². The molecule has 2 aliphatic heterocycles. The number of nitrogens with two attached hydrogens (primary N) is 1. The lowest BCUT2D eigenvalue weighted by Gasteiger charge is -2.24. The molecule has 2 unspecified atom stereocenters. The van der Waals surface area contributed by atoms with Crippen LogP contribution in [0, 0.1) is 0 Å². The van der Waals surface area contributed by atoms with E-state index in [0.717, 1.165) is 23.4 Å². The van der Waals surface area contributed by atoms with E-state index in [-0.39, 0.29) is 23.9 Å². The summed E-state index contributed by atoms with van der Waals surface area (Å²) in [5.41, 5.74) is 5.57. The number of ether oxygens (including phenoxy) is 2. The van der Waals surface area contributed by atoms with Crippen LogP contribution in [-0.2, 0) is 35.2 Å². The van der Waals surface area contributed by atoms with Gasteiger partial charge >= 0.3 is 13.4 Å². The predicted octanol–water partition coefficient (Wildman–Crippen LogP) is -1.81. The van der Waals surface area contributed by atoms with E-state index in [1.165, 1.54) is 32.9 Å². The van der Waals surface area contributed by atoms with E-state index < -0.39 is 50.5 Å². The molecule has 0 spiro atoms. The zero-order chi connectivity index (χ0) is 27.0. The highest BCUT2D eigenvalue weighted by Gasteiger charge is 2.49. The molecule has 3 aromatic heterocycles. The topological polar surface area (TPSA) is 213 Å². The van der Waals surface area contributed by atoms with Gasteiger partial charge in [0.2, 0.25) is 11.7 Å². The minimum absolute atomic E-state index is 0.132. The van der Waals surface area contributed by atoms with Crippen LogP contribution < -0.4 is 15.9 Å². The third-order valence-corrected chi connectivity index (χ3v) is 7.75. The van der Waals surface area contributed by atoms with Crippen molar-refractivity contribution in [2.24, 2.45) is 7.05 Å². The number of carbonyl (C=O) groups excluding carboxylic acids is 1. The second-order valence-corrected chi connectivity index (χ2v) is 10.6. The minimum atomic E-state index is -4.32. The van der Waals surface area contributed by atoms with E-state index in [1.807, 2.05) is 0 Å². The van der Waals surface area contributed by atoms with E-state index >= 15 is 0 Å². The number of imidazole rings is 2. The fraction of sp³-hybridized carbons (Fsp3) is 0.550. The summed E-state index contributed by atoms with van der Waals surface area (Å²) in [7, 11) is -2.70. The molecule has 2 fully saturated rings. The highest BCUT2D eigenvalue weighted by Crippen LogP contribution is 2.44. The zero-order valence-electron chi connectivity index (χ0n) is 20.3. The van der Waals surface area contributed by atoms with Crippen LogP contribution in [0.3, 0.4) is 0 Å². The molecule has 2 aliphatic rings. The van der Waals surface area contributed by atoms with E-state index in [1.54, 1.807) is 7.05 Å². The molecule has 0 amide bonds. The Bertz CT molecular complexity index is 1400. The SMILES string of the molecule is Cn1c[n+]([C@@H]2O[C@H](COP(=O)(O)n3ccnc3)[C@H](OCON3CCC[C@H]3C=O)C2O)c2nc(N)[nH]c(=O)c21. The molecule has 17 nitrogen and oxygen atoms in total. The van der Waals surface area contributed by atoms with Gasteiger partial charge in [0.05, 0.1) is 19.7 Å². The summed E-state index contributed by atoms with van der Waals surface area (Å²) in [6.07, 6.45) is 2.83. The van der Waals surface area contributed by atoms with Crippen LogP contribution in [-0.4, -0.2) is 89.5 Å². The summed E-state index contributed by atoms with van der Waals surface area (Å²) < 4.78 is 33.6. The Kier molecular flexibility index (Phi) is 7.43. The van der Waals surface area contributed by atoms with Crippen LogP contribution in [0.15, 0.2) is 29.8 Å². The molecule has 0 radical (unpaired) electrons. The average Bonchev–Trinajstić information content (AvgIpc) is 3.66. The van der Waals surface area contributed by atoms with Crippen molar-refractivity contribution in [2.45, 2.75) is 43.4 Å². The molecule has 0 bridgehead atoms. The number of rotatable bonds is 10. The summed E-state index contributed by atoms with van der Waals surface area (Å²) in [5, 5.41) is 12.7. The molecule has 5 heterocycles. The molecule has 0 aliphatic carbocycles. The number of aldehydes is 1. The predicted molar refractivity (Wildman–Crippen MR) is 126 cm³/mol. The largest absolute Gasteiger partial charge is 0.437 e. The number of aromatic amines is 1. The fourth-order valence-electron chi connectivity index (χ4n) is 4.62. The van der Waals surface area contributed by atoms with Crippen LogP contribution in [0.1, 0.15) is 19.1 Å². The summed E-state index contributed by atoms with van der Waals surface area (Å²) in [6, 6.07) is -0.397. The van der Waals surface area contributed by atoms with E-state index in [9.17, 15) is 24.2 Å². The normalized spacial score (nSPS) is 27.7. The third-order valence-electron chi connectivity index (χ3n) is 6.45. The Balaban J connectivity index is 1.38. The first-order valence-corrected chi connectivity index (χ1v) is 13.2. The smallest absolute Gasteiger partial charge is 0.384 e. The van der Waals surface area contributed by atoms with Crippen molar-refractivity contribution in [1.82, 2.24) is 28.9 Å². The number of carbonyl (C=O) groups is 1. The second kappa shape index (κ2) is 10.6. The first kappa shape index (κ1) is 26.6. The second-order valence-electron chi connectivity index (χ2n) is 8.91. The number of H-pyrrole nitrogens is 1. The highest BCUT2D eigenvalue weighted by atomic mass is 31.2. The van der Waals surface area contributed by atoms with Crippen molar-refractivity contribution in [1.29, 1.82) is 0 Å². The van der Waals surface area contributed by atoms with Gasteiger partial charge < -0.3 is 30.0 Å². The Labute approximate surface area is 214 Å². The van der Waals surface area contributed by atoms with Gasteiger partial charge in [0, 0.05) is 18.9 Å². The van der Waals surface area contributed by atoms with Gasteiger partial charge in [0.25, 0.3) is 11.5 Å². The molecular formula is C20H28N8O9P+. The lowest BCUT2D eigenvalue weighted by molar-refractivity contribution is -0.745. The summed E-state index contributed by atoms with van der Waals surface area (Å²) in [4.78, 5) is 49.9. The number of nitrogens with zero attached hydrogens (tertiary/aromatic N) is 6. The van der Waals surface area contributed by atoms with E-state index in [4.69, 9.17) is 24.6 Å². The Morgan fingerprint density at radius 3 is 3.00 bits per heavy atom. The average molecular weight is 555 g/mol. The molecule has 3 aromatic rings. The zero-order valence-corrected chi connectivity index (χ0v) is 21.2. The molecule has 5 rings (SSSR count). The number of aromatic nitrogens is 6. The molecule has 6 atom stereocenters. The molecule has 206 valence electrons. The van der Waals surface area contributed by atoms with E-state index in [0.29, 0.717) is 13.0 Å². The maximum absolute atomic E-state index is 12.6. The monoisotopic (exact) mass is 555 g/mol. The number of anilines is 1. The molecule has 18 heteroatoms. The quantitative estimate of drug-likeness (QED) is 0.0941. The maximum Gasteiger partial charge on any atom is 0.437 e. The highest BCUT2D eigenvalue weighted by molar-refractivity contribution is 7.51. The molecule has 0 saturated carbocycles. The maximum atomic E-state index is 12.6. The van der Waals surface area contributed by atoms with Crippen molar-refractivity contribution < 1.29 is 42.8 Å². The third kappa shape index (κ3) is 5.02. The van der Waals surface area contributed by atoms with Crippen molar-refractivity contribution >= 4 is 31.1 Å². The number of nitrogens with one attached hydrogen (secondary N) is 1. The van der Waals surface area contributed by atoms with Gasteiger partial charge in [-0.25, -0.2) is 18.5 Å². The summed E-state index contributed by atoms with van der Waals surface area (Å²) in [5.74, 6) is -0.132. The van der Waals surface area contributed by atoms with Gasteiger partial charge in [-0.3, -0.25) is 23.7 Å². The number of aliphatic hydroxyl groups excluding tert-OH is 1. The van der Waals surface area contributed by atoms with Crippen LogP contribution in [0.4, 0.5) is 5.95 Å². The van der Waals surface area contributed by atoms with Gasteiger partial charge in [0.15, 0.2) is 13.1 Å². The number of aliphatic hydroxyl groups is 1. The fourth-order valence-corrected chi connectivity index (χ4v) is 5.52. The van der Waals surface area contributed by atoms with E-state index in [2.05, 4.69) is 15.0 Å². The van der Waals surface area contributed by atoms with Gasteiger partial charge in [-0.05, 0) is 12.8 Å². The van der Waals surface area contributed by atoms with Gasteiger partial charge in [0.1, 0.15) is 30.9 Å². The van der Waals surface area contributed by atoms with Gasteiger partial charge in [-0.2, -0.15) is 5.06 Å². The lowest BCUT2D eigenvalue weighted by atomic mass is 10.1. The van der Waals surface area contributed by atoms with Gasteiger partial charge in [-0.15, -0.1) is 0 Å². The van der Waals surface area contributed by atoms with Gasteiger partial charge in [-0.1, -0.05) is 4.98 Å². The Morgan fingerprint density at radius 2 is 2.26 bits per heavy atom. The number of nitrogen functional groups attached to an aromatic ring is 1. The first-order chi connectivity index (χ1) is 18.2. The van der Waals surface area contributed by atoms with Crippen LogP contribution in [0.2, 0.25) is 0 Å². The molecular weight excluding hydrogens is 527 g/mol. The summed E-state index contributed by atoms with van der Waals surface area (Å²) >= 11 is 0. The number of aryl methyl sites for hydroxylation is 1. The van der Waals surface area contributed by atoms with Crippen LogP contribution in [0.25, 0.3) is 11.2 Å². The summed E-state index contributed by atoms with van der Waals surface area (Å²) in [6.45, 7) is -0.244. The lowest BCUT2D eigenvalue weighted by Crippen LogP contribution is -2.47. The number of hydroxylamine groups is 2. The Morgan fingerprint density at radius 1 is 1.45 bits per heavy atom. The van der Waals surface area contributed by atoms with Crippen molar-refractivity contribution in [2.75, 3.05) is 25.7 Å². The van der Waals surface area contributed by atoms with Crippen molar-refractivity contribution in [3.63, 3.8) is 0 Å². The number of fused-ring (bicyclic) bond motifs is 1.